The maximum atomic E-state index is 13.7. The lowest BCUT2D eigenvalue weighted by molar-refractivity contribution is -0.137. The summed E-state index contributed by atoms with van der Waals surface area (Å²) in [7, 11) is -3.64. The molecule has 0 aliphatic rings. The zero-order chi connectivity index (χ0) is 26.4. The molecule has 0 bridgehead atoms. The number of nitrogens with zero attached hydrogens (tertiary/aromatic N) is 2. The molecule has 4 rings (SSSR count). The first-order valence-electron chi connectivity index (χ1n) is 10.1. The van der Waals surface area contributed by atoms with Gasteiger partial charge in [0.2, 0.25) is 10.0 Å². The number of hydrogen-bond donors (Lipinski definition) is 2. The van der Waals surface area contributed by atoms with Gasteiger partial charge in [-0.2, -0.15) is 18.4 Å². The number of nitrogens with one attached hydrogen (secondary N) is 1. The Morgan fingerprint density at radius 1 is 1.06 bits per heavy atom. The minimum atomic E-state index is -4.88. The van der Waals surface area contributed by atoms with Gasteiger partial charge >= 0.3 is 6.18 Å². The van der Waals surface area contributed by atoms with Crippen LogP contribution in [0.4, 0.5) is 23.2 Å². The van der Waals surface area contributed by atoms with Crippen LogP contribution in [0.1, 0.15) is 21.6 Å². The van der Waals surface area contributed by atoms with Crippen LogP contribution in [-0.2, 0) is 16.2 Å². The molecule has 0 unspecified atom stereocenters. The molecule has 0 aliphatic heterocycles. The van der Waals surface area contributed by atoms with E-state index < -0.39 is 33.5 Å². The highest BCUT2D eigenvalue weighted by molar-refractivity contribution is 7.92. The summed E-state index contributed by atoms with van der Waals surface area (Å²) in [5.74, 6) is -1.95. The van der Waals surface area contributed by atoms with Gasteiger partial charge in [0, 0.05) is 11.1 Å². The molecule has 1 aromatic heterocycles. The first kappa shape index (κ1) is 24.7. The minimum absolute atomic E-state index is 0.0392. The van der Waals surface area contributed by atoms with Gasteiger partial charge in [-0.15, -0.1) is 0 Å². The van der Waals surface area contributed by atoms with E-state index in [0.717, 1.165) is 18.4 Å². The van der Waals surface area contributed by atoms with Gasteiger partial charge in [-0.1, -0.05) is 12.1 Å². The van der Waals surface area contributed by atoms with E-state index in [2.05, 4.69) is 4.72 Å². The normalized spacial score (nSPS) is 11.9. The molecule has 12 heteroatoms. The molecule has 1 amide bonds. The average Bonchev–Trinajstić information content (AvgIpc) is 3.16. The van der Waals surface area contributed by atoms with Crippen molar-refractivity contribution in [2.75, 3.05) is 11.0 Å². The maximum Gasteiger partial charge on any atom is 0.417 e. The van der Waals surface area contributed by atoms with Crippen LogP contribution in [0, 0.1) is 17.1 Å². The smallest absolute Gasteiger partial charge is 0.364 e. The largest absolute Gasteiger partial charge is 0.417 e. The second-order valence-corrected chi connectivity index (χ2v) is 9.69. The number of benzene rings is 3. The zero-order valence-electron chi connectivity index (χ0n) is 18.4. The number of rotatable bonds is 5. The molecule has 0 spiro atoms. The summed E-state index contributed by atoms with van der Waals surface area (Å²) < 4.78 is 81.7. The fraction of sp³-hybridized carbons (Fsp3) is 0.0833. The standard InChI is InChI=1S/C24H16F4N4O3S/c1-36(34,35)31-17-4-2-14-9-22(23(30)33)32(21(14)11-17)18-7-13(12-29)6-15(8-18)19-5-3-16(25)10-20(19)24(26,27)28/h2-11,31H,1H3,(H2,30,33). The summed E-state index contributed by atoms with van der Waals surface area (Å²) in [6, 6.07) is 13.7. The Morgan fingerprint density at radius 2 is 1.78 bits per heavy atom. The first-order chi connectivity index (χ1) is 16.8. The van der Waals surface area contributed by atoms with Crippen molar-refractivity contribution in [2.24, 2.45) is 5.73 Å². The highest BCUT2D eigenvalue weighted by Crippen LogP contribution is 2.39. The predicted molar refractivity (Wildman–Crippen MR) is 125 cm³/mol. The average molecular weight is 516 g/mol. The lowest BCUT2D eigenvalue weighted by atomic mass is 9.97. The number of hydrogen-bond acceptors (Lipinski definition) is 4. The van der Waals surface area contributed by atoms with E-state index in [1.54, 1.807) is 0 Å². The van der Waals surface area contributed by atoms with Crippen molar-refractivity contribution in [2.45, 2.75) is 6.18 Å². The van der Waals surface area contributed by atoms with Crippen molar-refractivity contribution >= 4 is 32.5 Å². The molecule has 3 aromatic carbocycles. The van der Waals surface area contributed by atoms with E-state index in [1.165, 1.54) is 47.0 Å². The van der Waals surface area contributed by atoms with Crippen LogP contribution in [0.5, 0.6) is 0 Å². The lowest BCUT2D eigenvalue weighted by Gasteiger charge is -2.16. The van der Waals surface area contributed by atoms with Crippen molar-refractivity contribution < 1.29 is 30.8 Å². The highest BCUT2D eigenvalue weighted by atomic mass is 32.2. The molecule has 4 aromatic rings. The first-order valence-corrected chi connectivity index (χ1v) is 12.0. The van der Waals surface area contributed by atoms with Crippen LogP contribution < -0.4 is 10.5 Å². The Bertz CT molecular complexity index is 1690. The van der Waals surface area contributed by atoms with Crippen LogP contribution in [0.2, 0.25) is 0 Å². The monoisotopic (exact) mass is 516 g/mol. The summed E-state index contributed by atoms with van der Waals surface area (Å²) in [6.45, 7) is 0. The molecule has 0 fully saturated rings. The van der Waals surface area contributed by atoms with Crippen molar-refractivity contribution in [3.63, 3.8) is 0 Å². The number of alkyl halides is 3. The van der Waals surface area contributed by atoms with Crippen LogP contribution in [0.25, 0.3) is 27.7 Å². The Balaban J connectivity index is 2.03. The quantitative estimate of drug-likeness (QED) is 0.371. The van der Waals surface area contributed by atoms with E-state index in [9.17, 15) is 36.0 Å². The Hall–Kier alpha value is -4.37. The van der Waals surface area contributed by atoms with Crippen LogP contribution in [-0.4, -0.2) is 25.1 Å². The number of aromatic nitrogens is 1. The molecular formula is C24H16F4N4O3S. The number of nitrogens with two attached hydrogens (primary N) is 1. The summed E-state index contributed by atoms with van der Waals surface area (Å²) in [5, 5.41) is 10.0. The third kappa shape index (κ3) is 4.87. The second kappa shape index (κ2) is 8.69. The number of nitriles is 1. The number of anilines is 1. The summed E-state index contributed by atoms with van der Waals surface area (Å²) >= 11 is 0. The molecule has 36 heavy (non-hydrogen) atoms. The third-order valence-electron chi connectivity index (χ3n) is 5.26. The van der Waals surface area contributed by atoms with E-state index in [0.29, 0.717) is 17.0 Å². The Morgan fingerprint density at radius 3 is 2.39 bits per heavy atom. The summed E-state index contributed by atoms with van der Waals surface area (Å²) in [6.07, 6.45) is -3.93. The van der Waals surface area contributed by atoms with Crippen LogP contribution in [0.3, 0.4) is 0 Å². The molecule has 1 heterocycles. The number of sulfonamides is 1. The van der Waals surface area contributed by atoms with E-state index >= 15 is 0 Å². The number of primary amides is 1. The lowest BCUT2D eigenvalue weighted by Crippen LogP contribution is -2.16. The summed E-state index contributed by atoms with van der Waals surface area (Å²) in [4.78, 5) is 12.2. The molecule has 7 nitrogen and oxygen atoms in total. The van der Waals surface area contributed by atoms with E-state index in [1.807, 2.05) is 6.07 Å². The predicted octanol–water partition coefficient (Wildman–Crippen LogP) is 4.80. The van der Waals surface area contributed by atoms with Gasteiger partial charge in [0.05, 0.1) is 34.7 Å². The fourth-order valence-electron chi connectivity index (χ4n) is 3.90. The molecule has 184 valence electrons. The number of carbonyl (C=O) groups is 1. The van der Waals surface area contributed by atoms with Gasteiger partial charge in [0.15, 0.2) is 0 Å². The second-order valence-electron chi connectivity index (χ2n) is 7.95. The minimum Gasteiger partial charge on any atom is -0.364 e. The molecule has 0 atom stereocenters. The van der Waals surface area contributed by atoms with Crippen molar-refractivity contribution in [3.8, 4) is 22.9 Å². The number of carbonyl (C=O) groups excluding carboxylic acids is 1. The van der Waals surface area contributed by atoms with Gasteiger partial charge in [0.1, 0.15) is 11.5 Å². The molecule has 3 N–H and O–H groups in total. The maximum absolute atomic E-state index is 13.7. The molecule has 0 saturated heterocycles. The van der Waals surface area contributed by atoms with Gasteiger partial charge in [-0.05, 0) is 59.7 Å². The topological polar surface area (TPSA) is 118 Å². The van der Waals surface area contributed by atoms with Crippen molar-refractivity contribution in [1.29, 1.82) is 5.26 Å². The van der Waals surface area contributed by atoms with Crippen LogP contribution >= 0.6 is 0 Å². The van der Waals surface area contributed by atoms with Gasteiger partial charge in [-0.25, -0.2) is 12.8 Å². The van der Waals surface area contributed by atoms with Crippen molar-refractivity contribution in [3.05, 3.63) is 83.3 Å². The van der Waals surface area contributed by atoms with E-state index in [-0.39, 0.29) is 33.8 Å². The third-order valence-corrected chi connectivity index (χ3v) is 5.87. The van der Waals surface area contributed by atoms with Crippen molar-refractivity contribution in [1.82, 2.24) is 4.57 Å². The molecule has 0 radical (unpaired) electrons. The van der Waals surface area contributed by atoms with Gasteiger partial charge in [0.25, 0.3) is 5.91 Å². The fourth-order valence-corrected chi connectivity index (χ4v) is 4.46. The number of halogens is 4. The Labute approximate surface area is 202 Å². The number of fused-ring (bicyclic) bond motifs is 1. The number of amides is 1. The highest BCUT2D eigenvalue weighted by Gasteiger charge is 2.34. The molecular weight excluding hydrogens is 500 g/mol. The molecule has 0 aliphatic carbocycles. The van der Waals surface area contributed by atoms with Gasteiger partial charge < -0.3 is 10.3 Å². The molecule has 0 saturated carbocycles. The van der Waals surface area contributed by atoms with Crippen LogP contribution in [0.15, 0.2) is 60.7 Å². The zero-order valence-corrected chi connectivity index (χ0v) is 19.2. The Kier molecular flexibility index (Phi) is 5.97. The van der Waals surface area contributed by atoms with Gasteiger partial charge in [-0.3, -0.25) is 9.52 Å². The van der Waals surface area contributed by atoms with E-state index in [4.69, 9.17) is 5.73 Å². The SMILES string of the molecule is CS(=O)(=O)Nc1ccc2cc(C(N)=O)n(-c3cc(C#N)cc(-c4ccc(F)cc4C(F)(F)F)c3)c2c1. The summed E-state index contributed by atoms with van der Waals surface area (Å²) in [5.41, 5.74) is 4.35.